The number of unbranched alkanes of at least 4 members (excludes halogenated alkanes) is 2. The highest BCUT2D eigenvalue weighted by Crippen LogP contribution is 1.97. The van der Waals surface area contributed by atoms with Crippen LogP contribution in [0.3, 0.4) is 0 Å². The molecule has 0 aromatic heterocycles. The van der Waals surface area contributed by atoms with Crippen molar-refractivity contribution in [2.45, 2.75) is 45.4 Å². The molecule has 0 saturated heterocycles. The fourth-order valence-electron chi connectivity index (χ4n) is 1.33. The van der Waals surface area contributed by atoms with E-state index in [0.717, 1.165) is 12.8 Å². The molecule has 0 amide bonds. The number of carboxylic acid groups (broad SMARTS) is 1. The number of allylic oxidation sites excluding steroid dienone is 7. The van der Waals surface area contributed by atoms with Gasteiger partial charge in [-0.15, -0.1) is 0 Å². The van der Waals surface area contributed by atoms with Gasteiger partial charge < -0.3 is 5.11 Å². The summed E-state index contributed by atoms with van der Waals surface area (Å²) in [6, 6.07) is 0. The van der Waals surface area contributed by atoms with E-state index >= 15 is 0 Å². The maximum atomic E-state index is 10.2. The van der Waals surface area contributed by atoms with Gasteiger partial charge in [0.15, 0.2) is 0 Å². The van der Waals surface area contributed by atoms with Crippen molar-refractivity contribution in [2.75, 3.05) is 0 Å². The summed E-state index contributed by atoms with van der Waals surface area (Å²) in [4.78, 5) is 10.2. The van der Waals surface area contributed by atoms with Crippen LogP contribution in [0.15, 0.2) is 48.6 Å². The molecule has 0 fully saturated rings. The van der Waals surface area contributed by atoms with E-state index in [4.69, 9.17) is 5.11 Å². The molecule has 0 spiro atoms. The Labute approximate surface area is 110 Å². The first-order valence-corrected chi connectivity index (χ1v) is 6.61. The van der Waals surface area contributed by atoms with Crippen LogP contribution in [0, 0.1) is 0 Å². The molecule has 0 aromatic carbocycles. The highest BCUT2D eigenvalue weighted by atomic mass is 16.4. The summed E-state index contributed by atoms with van der Waals surface area (Å²) in [7, 11) is 0. The second kappa shape index (κ2) is 13.5. The Morgan fingerprint density at radius 1 is 0.889 bits per heavy atom. The summed E-state index contributed by atoms with van der Waals surface area (Å²) in [5, 5.41) is 8.36. The minimum absolute atomic E-state index is 0.678. The van der Waals surface area contributed by atoms with Crippen molar-refractivity contribution in [1.29, 1.82) is 0 Å². The normalized spacial score (nSPS) is 12.5. The Bertz CT molecular complexity index is 309. The average molecular weight is 248 g/mol. The van der Waals surface area contributed by atoms with Crippen molar-refractivity contribution in [3.63, 3.8) is 0 Å². The van der Waals surface area contributed by atoms with Gasteiger partial charge in [-0.1, -0.05) is 62.3 Å². The van der Waals surface area contributed by atoms with E-state index in [2.05, 4.69) is 31.2 Å². The molecule has 2 heteroatoms. The predicted octanol–water partition coefficient (Wildman–Crippen LogP) is 4.66. The van der Waals surface area contributed by atoms with Gasteiger partial charge in [-0.05, 0) is 25.7 Å². The van der Waals surface area contributed by atoms with Gasteiger partial charge in [0, 0.05) is 6.08 Å². The molecule has 0 bridgehead atoms. The lowest BCUT2D eigenvalue weighted by Gasteiger charge is -1.87. The molecule has 0 aliphatic carbocycles. The van der Waals surface area contributed by atoms with Gasteiger partial charge >= 0.3 is 5.97 Å². The fourth-order valence-corrected chi connectivity index (χ4v) is 1.33. The number of carboxylic acids is 1. The molecule has 0 unspecified atom stereocenters. The molecule has 0 aromatic rings. The number of hydrogen-bond donors (Lipinski definition) is 1. The van der Waals surface area contributed by atoms with Crippen LogP contribution in [-0.4, -0.2) is 11.1 Å². The molecule has 0 radical (unpaired) electrons. The van der Waals surface area contributed by atoms with E-state index in [1.54, 1.807) is 6.08 Å². The van der Waals surface area contributed by atoms with Gasteiger partial charge in [0.05, 0.1) is 0 Å². The summed E-state index contributed by atoms with van der Waals surface area (Å²) in [5.41, 5.74) is 0. The largest absolute Gasteiger partial charge is 0.478 e. The van der Waals surface area contributed by atoms with Crippen LogP contribution in [0.2, 0.25) is 0 Å². The van der Waals surface area contributed by atoms with E-state index in [1.165, 1.54) is 25.3 Å². The first kappa shape index (κ1) is 16.4. The van der Waals surface area contributed by atoms with Crippen LogP contribution in [0.5, 0.6) is 0 Å². The van der Waals surface area contributed by atoms with Crippen LogP contribution in [0.25, 0.3) is 0 Å². The molecular formula is C16H24O2. The highest BCUT2D eigenvalue weighted by Gasteiger charge is 1.81. The molecule has 18 heavy (non-hydrogen) atoms. The standard InChI is InChI=1S/C16H24O2/c1-2-3-4-5-6-7-8-9-10-11-12-13-14-15-16(17)18/h5-6,8-9,11-12,14-15H,2-4,7,10,13H2,1H3,(H,17,18)/b6-5-,9-8-,12-11-,15-14-. The van der Waals surface area contributed by atoms with Crippen molar-refractivity contribution in [3.8, 4) is 0 Å². The molecule has 0 rings (SSSR count). The van der Waals surface area contributed by atoms with Gasteiger partial charge in [0.25, 0.3) is 0 Å². The van der Waals surface area contributed by atoms with Crippen LogP contribution in [0.1, 0.15) is 45.4 Å². The third-order valence-corrected chi connectivity index (χ3v) is 2.30. The average Bonchev–Trinajstić information content (AvgIpc) is 2.34. The molecule has 0 aliphatic heterocycles. The van der Waals surface area contributed by atoms with Crippen molar-refractivity contribution < 1.29 is 9.90 Å². The zero-order chi connectivity index (χ0) is 13.5. The second-order valence-electron chi connectivity index (χ2n) is 4.00. The maximum absolute atomic E-state index is 10.2. The molecule has 2 nitrogen and oxygen atoms in total. The first-order chi connectivity index (χ1) is 8.77. The Hall–Kier alpha value is -1.57. The number of rotatable bonds is 10. The van der Waals surface area contributed by atoms with Crippen molar-refractivity contribution in [1.82, 2.24) is 0 Å². The lowest BCUT2D eigenvalue weighted by molar-refractivity contribution is -0.131. The van der Waals surface area contributed by atoms with Crippen LogP contribution in [0.4, 0.5) is 0 Å². The fraction of sp³-hybridized carbons (Fsp3) is 0.438. The number of hydrogen-bond acceptors (Lipinski definition) is 1. The lowest BCUT2D eigenvalue weighted by Crippen LogP contribution is -1.84. The van der Waals surface area contributed by atoms with E-state index in [0.29, 0.717) is 6.42 Å². The van der Waals surface area contributed by atoms with E-state index in [1.807, 2.05) is 12.2 Å². The molecule has 0 heterocycles. The minimum Gasteiger partial charge on any atom is -0.478 e. The Morgan fingerprint density at radius 3 is 1.89 bits per heavy atom. The first-order valence-electron chi connectivity index (χ1n) is 6.61. The zero-order valence-electron chi connectivity index (χ0n) is 11.2. The molecular weight excluding hydrogens is 224 g/mol. The number of aliphatic carboxylic acids is 1. The summed E-state index contributed by atoms with van der Waals surface area (Å²) in [6.45, 7) is 2.20. The summed E-state index contributed by atoms with van der Waals surface area (Å²) in [5.74, 6) is -0.891. The molecule has 1 N–H and O–H groups in total. The van der Waals surface area contributed by atoms with Crippen LogP contribution >= 0.6 is 0 Å². The van der Waals surface area contributed by atoms with Crippen LogP contribution < -0.4 is 0 Å². The molecule has 0 saturated carbocycles. The lowest BCUT2D eigenvalue weighted by atomic mass is 10.2. The Kier molecular flexibility index (Phi) is 12.3. The molecule has 0 atom stereocenters. The Balaban J connectivity index is 3.44. The van der Waals surface area contributed by atoms with Crippen molar-refractivity contribution >= 4 is 5.97 Å². The van der Waals surface area contributed by atoms with E-state index < -0.39 is 5.97 Å². The SMILES string of the molecule is CCCC/C=C\C/C=C\C/C=C\C/C=C\C(=O)O. The smallest absolute Gasteiger partial charge is 0.327 e. The topological polar surface area (TPSA) is 37.3 Å². The number of carbonyl (C=O) groups is 1. The monoisotopic (exact) mass is 248 g/mol. The third kappa shape index (κ3) is 14.4. The summed E-state index contributed by atoms with van der Waals surface area (Å²) < 4.78 is 0. The highest BCUT2D eigenvalue weighted by molar-refractivity contribution is 5.79. The van der Waals surface area contributed by atoms with Crippen LogP contribution in [-0.2, 0) is 4.79 Å². The quantitative estimate of drug-likeness (QED) is 0.347. The van der Waals surface area contributed by atoms with Gasteiger partial charge in [0.2, 0.25) is 0 Å². The second-order valence-corrected chi connectivity index (χ2v) is 4.00. The van der Waals surface area contributed by atoms with Gasteiger partial charge in [-0.2, -0.15) is 0 Å². The maximum Gasteiger partial charge on any atom is 0.327 e. The van der Waals surface area contributed by atoms with Gasteiger partial charge in [-0.25, -0.2) is 4.79 Å². The summed E-state index contributed by atoms with van der Waals surface area (Å²) >= 11 is 0. The minimum atomic E-state index is -0.891. The Morgan fingerprint density at radius 2 is 1.39 bits per heavy atom. The van der Waals surface area contributed by atoms with Crippen molar-refractivity contribution in [3.05, 3.63) is 48.6 Å². The molecule has 0 aliphatic rings. The zero-order valence-corrected chi connectivity index (χ0v) is 11.2. The summed E-state index contributed by atoms with van der Waals surface area (Å²) in [6.07, 6.45) is 21.8. The van der Waals surface area contributed by atoms with Gasteiger partial charge in [0.1, 0.15) is 0 Å². The van der Waals surface area contributed by atoms with Gasteiger partial charge in [-0.3, -0.25) is 0 Å². The third-order valence-electron chi connectivity index (χ3n) is 2.30. The van der Waals surface area contributed by atoms with E-state index in [9.17, 15) is 4.79 Å². The molecule has 100 valence electrons. The predicted molar refractivity (Wildman–Crippen MR) is 77.6 cm³/mol. The van der Waals surface area contributed by atoms with E-state index in [-0.39, 0.29) is 0 Å². The van der Waals surface area contributed by atoms with Crippen molar-refractivity contribution in [2.24, 2.45) is 0 Å².